The van der Waals surface area contributed by atoms with Crippen molar-refractivity contribution in [1.29, 1.82) is 0 Å². The first-order valence-electron chi connectivity index (χ1n) is 5.72. The molecule has 18 heavy (non-hydrogen) atoms. The van der Waals surface area contributed by atoms with E-state index in [1.165, 1.54) is 17.6 Å². The predicted molar refractivity (Wildman–Crippen MR) is 70.7 cm³/mol. The summed E-state index contributed by atoms with van der Waals surface area (Å²) in [5, 5.41) is -0.406. The number of amides is 1. The molecule has 2 heterocycles. The van der Waals surface area contributed by atoms with E-state index >= 15 is 0 Å². The van der Waals surface area contributed by atoms with Gasteiger partial charge >= 0.3 is 0 Å². The van der Waals surface area contributed by atoms with Gasteiger partial charge in [-0.25, -0.2) is 13.4 Å². The third-order valence-electron chi connectivity index (χ3n) is 3.08. The van der Waals surface area contributed by atoms with Crippen molar-refractivity contribution < 1.29 is 13.2 Å². The highest BCUT2D eigenvalue weighted by molar-refractivity contribution is 7.91. The third-order valence-corrected chi connectivity index (χ3v) is 5.42. The molecule has 0 aromatic carbocycles. The van der Waals surface area contributed by atoms with Crippen LogP contribution in [-0.4, -0.2) is 48.8 Å². The van der Waals surface area contributed by atoms with E-state index in [-0.39, 0.29) is 11.8 Å². The molecule has 0 spiro atoms. The molecular formula is C11H16N2O3S2. The third kappa shape index (κ3) is 2.42. The number of hydrogen-bond donors (Lipinski definition) is 0. The van der Waals surface area contributed by atoms with Crippen molar-refractivity contribution in [3.63, 3.8) is 0 Å². The predicted octanol–water partition coefficient (Wildman–Crippen LogP) is 1.14. The molecule has 1 aromatic rings. The molecular weight excluding hydrogens is 272 g/mol. The fourth-order valence-electron chi connectivity index (χ4n) is 1.84. The van der Waals surface area contributed by atoms with Crippen LogP contribution in [0.25, 0.3) is 0 Å². The van der Waals surface area contributed by atoms with Gasteiger partial charge in [-0.1, -0.05) is 13.8 Å². The fraction of sp³-hybridized carbons (Fsp3) is 0.636. The van der Waals surface area contributed by atoms with Gasteiger partial charge < -0.3 is 4.90 Å². The van der Waals surface area contributed by atoms with Crippen molar-refractivity contribution in [2.75, 3.05) is 19.3 Å². The summed E-state index contributed by atoms with van der Waals surface area (Å²) >= 11 is 1.32. The first-order chi connectivity index (χ1) is 8.30. The van der Waals surface area contributed by atoms with E-state index < -0.39 is 15.1 Å². The summed E-state index contributed by atoms with van der Waals surface area (Å²) in [4.78, 5) is 18.6. The Morgan fingerprint density at radius 3 is 2.61 bits per heavy atom. The molecule has 7 heteroatoms. The van der Waals surface area contributed by atoms with Gasteiger partial charge in [0.15, 0.2) is 9.84 Å². The largest absolute Gasteiger partial charge is 0.335 e. The van der Waals surface area contributed by atoms with Crippen LogP contribution in [0.4, 0.5) is 0 Å². The van der Waals surface area contributed by atoms with Gasteiger partial charge in [-0.3, -0.25) is 4.79 Å². The fourth-order valence-corrected chi connectivity index (χ4v) is 3.66. The van der Waals surface area contributed by atoms with Crippen molar-refractivity contribution in [3.05, 3.63) is 16.1 Å². The van der Waals surface area contributed by atoms with Crippen LogP contribution in [0.5, 0.6) is 0 Å². The summed E-state index contributed by atoms with van der Waals surface area (Å²) in [6.07, 6.45) is 1.21. The zero-order chi connectivity index (χ0) is 13.5. The van der Waals surface area contributed by atoms with Crippen LogP contribution in [0.1, 0.15) is 35.1 Å². The van der Waals surface area contributed by atoms with Gasteiger partial charge in [0.1, 0.15) is 4.88 Å². The number of thiazole rings is 1. The Morgan fingerprint density at radius 1 is 1.50 bits per heavy atom. The Morgan fingerprint density at radius 2 is 2.11 bits per heavy atom. The average Bonchev–Trinajstić information content (AvgIpc) is 2.60. The van der Waals surface area contributed by atoms with E-state index in [2.05, 4.69) is 4.98 Å². The lowest BCUT2D eigenvalue weighted by Gasteiger charge is -2.37. The number of nitrogens with zero attached hydrogens (tertiary/aromatic N) is 2. The number of hydrogen-bond acceptors (Lipinski definition) is 5. The van der Waals surface area contributed by atoms with Gasteiger partial charge in [0.05, 0.1) is 16.5 Å². The van der Waals surface area contributed by atoms with Crippen LogP contribution in [0.3, 0.4) is 0 Å². The SMILES string of the molecule is CC(C)c1ncsc1C(=O)N1CC(S(C)(=O)=O)C1. The molecule has 0 saturated carbocycles. The second kappa shape index (κ2) is 4.62. The molecule has 100 valence electrons. The minimum absolute atomic E-state index is 0.0962. The monoisotopic (exact) mass is 288 g/mol. The van der Waals surface area contributed by atoms with Crippen molar-refractivity contribution in [2.24, 2.45) is 0 Å². The molecule has 5 nitrogen and oxygen atoms in total. The van der Waals surface area contributed by atoms with Crippen LogP contribution in [0.15, 0.2) is 5.51 Å². The maximum atomic E-state index is 12.2. The normalized spacial score (nSPS) is 17.0. The highest BCUT2D eigenvalue weighted by Crippen LogP contribution is 2.26. The Balaban J connectivity index is 2.09. The maximum Gasteiger partial charge on any atom is 0.265 e. The van der Waals surface area contributed by atoms with Gasteiger partial charge in [-0.15, -0.1) is 11.3 Å². The Bertz CT molecular complexity index is 557. The number of likely N-dealkylation sites (tertiary alicyclic amines) is 1. The zero-order valence-electron chi connectivity index (χ0n) is 10.6. The quantitative estimate of drug-likeness (QED) is 0.836. The molecule has 1 saturated heterocycles. The van der Waals surface area contributed by atoms with Gasteiger partial charge in [-0.05, 0) is 5.92 Å². The average molecular weight is 288 g/mol. The second-order valence-electron chi connectivity index (χ2n) is 4.88. The Hall–Kier alpha value is -0.950. The standard InChI is InChI=1S/C11H16N2O3S2/c1-7(2)9-10(17-6-12-9)11(14)13-4-8(5-13)18(3,15)16/h6-8H,4-5H2,1-3H3. The number of aromatic nitrogens is 1. The summed E-state index contributed by atoms with van der Waals surface area (Å²) in [6.45, 7) is 4.57. The van der Waals surface area contributed by atoms with Gasteiger partial charge in [-0.2, -0.15) is 0 Å². The first-order valence-corrected chi connectivity index (χ1v) is 8.55. The lowest BCUT2D eigenvalue weighted by molar-refractivity contribution is 0.0662. The summed E-state index contributed by atoms with van der Waals surface area (Å²) < 4.78 is 22.6. The van der Waals surface area contributed by atoms with Gasteiger partial charge in [0, 0.05) is 19.3 Å². The van der Waals surface area contributed by atoms with Crippen LogP contribution < -0.4 is 0 Å². The van der Waals surface area contributed by atoms with Crippen molar-refractivity contribution in [3.8, 4) is 0 Å². The molecule has 1 aliphatic rings. The summed E-state index contributed by atoms with van der Waals surface area (Å²) in [7, 11) is -3.03. The van der Waals surface area contributed by atoms with E-state index in [9.17, 15) is 13.2 Å². The van der Waals surface area contributed by atoms with Gasteiger partial charge in [0.25, 0.3) is 5.91 Å². The molecule has 0 aliphatic carbocycles. The lowest BCUT2D eigenvalue weighted by Crippen LogP contribution is -2.56. The molecule has 1 amide bonds. The molecule has 0 bridgehead atoms. The van der Waals surface area contributed by atoms with Gasteiger partial charge in [0.2, 0.25) is 0 Å². The summed E-state index contributed by atoms with van der Waals surface area (Å²) in [5.41, 5.74) is 2.46. The lowest BCUT2D eigenvalue weighted by atomic mass is 10.1. The van der Waals surface area contributed by atoms with Crippen LogP contribution >= 0.6 is 11.3 Å². The van der Waals surface area contributed by atoms with Crippen LogP contribution in [0, 0.1) is 0 Å². The highest BCUT2D eigenvalue weighted by atomic mass is 32.2. The first kappa shape index (κ1) is 13.5. The molecule has 0 N–H and O–H groups in total. The Kier molecular flexibility index (Phi) is 3.46. The van der Waals surface area contributed by atoms with Crippen LogP contribution in [0.2, 0.25) is 0 Å². The Labute approximate surface area is 111 Å². The maximum absolute atomic E-state index is 12.2. The number of sulfone groups is 1. The van der Waals surface area contributed by atoms with Crippen molar-refractivity contribution in [2.45, 2.75) is 25.0 Å². The molecule has 0 unspecified atom stereocenters. The molecule has 1 aliphatic heterocycles. The minimum Gasteiger partial charge on any atom is -0.335 e. The smallest absolute Gasteiger partial charge is 0.265 e. The molecule has 1 aromatic heterocycles. The van der Waals surface area contributed by atoms with E-state index in [0.717, 1.165) is 5.69 Å². The number of carbonyl (C=O) groups excluding carboxylic acids is 1. The molecule has 0 atom stereocenters. The number of carbonyl (C=O) groups is 1. The van der Waals surface area contributed by atoms with E-state index in [1.54, 1.807) is 10.4 Å². The minimum atomic E-state index is -3.03. The second-order valence-corrected chi connectivity index (χ2v) is 8.06. The molecule has 2 rings (SSSR count). The molecule has 1 fully saturated rings. The number of rotatable bonds is 3. The highest BCUT2D eigenvalue weighted by Gasteiger charge is 2.38. The summed E-state index contributed by atoms with van der Waals surface area (Å²) in [6, 6.07) is 0. The van der Waals surface area contributed by atoms with Crippen LogP contribution in [-0.2, 0) is 9.84 Å². The topological polar surface area (TPSA) is 67.3 Å². The molecule has 0 radical (unpaired) electrons. The summed E-state index contributed by atoms with van der Waals surface area (Å²) in [5.74, 6) is 0.100. The van der Waals surface area contributed by atoms with E-state index in [4.69, 9.17) is 0 Å². The van der Waals surface area contributed by atoms with Crippen molar-refractivity contribution >= 4 is 27.1 Å². The van der Waals surface area contributed by atoms with E-state index in [0.29, 0.717) is 18.0 Å². The van der Waals surface area contributed by atoms with Crippen molar-refractivity contribution in [1.82, 2.24) is 9.88 Å². The zero-order valence-corrected chi connectivity index (χ0v) is 12.2. The van der Waals surface area contributed by atoms with E-state index in [1.807, 2.05) is 13.8 Å².